The van der Waals surface area contributed by atoms with E-state index in [0.29, 0.717) is 19.5 Å². The van der Waals surface area contributed by atoms with Crippen LogP contribution in [-0.2, 0) is 9.59 Å². The van der Waals surface area contributed by atoms with Crippen molar-refractivity contribution in [2.75, 3.05) is 26.7 Å². The molecule has 0 aliphatic rings. The van der Waals surface area contributed by atoms with E-state index in [4.69, 9.17) is 5.73 Å². The van der Waals surface area contributed by atoms with Gasteiger partial charge in [-0.05, 0) is 19.4 Å². The number of hydrogen-bond donors (Lipinski definition) is 2. The van der Waals surface area contributed by atoms with Crippen LogP contribution in [0.2, 0.25) is 0 Å². The lowest BCUT2D eigenvalue weighted by Gasteiger charge is -2.18. The minimum absolute atomic E-state index is 0.0424. The Hall–Kier alpha value is -1.10. The number of likely N-dealkylation sites (N-methyl/N-ethyl adjacent to an activating group) is 2. The molecule has 0 spiro atoms. The molecule has 15 heavy (non-hydrogen) atoms. The molecule has 5 nitrogen and oxygen atoms in total. The van der Waals surface area contributed by atoms with E-state index < -0.39 is 0 Å². The molecule has 0 rings (SSSR count). The fourth-order valence-electron chi connectivity index (χ4n) is 1.09. The summed E-state index contributed by atoms with van der Waals surface area (Å²) in [6.07, 6.45) is 0.395. The highest BCUT2D eigenvalue weighted by molar-refractivity contribution is 5.84. The summed E-state index contributed by atoms with van der Waals surface area (Å²) in [5.74, 6) is -0.0119. The van der Waals surface area contributed by atoms with Gasteiger partial charge in [0, 0.05) is 20.0 Å². The van der Waals surface area contributed by atoms with Gasteiger partial charge < -0.3 is 16.0 Å². The summed E-state index contributed by atoms with van der Waals surface area (Å²) in [4.78, 5) is 24.2. The summed E-state index contributed by atoms with van der Waals surface area (Å²) >= 11 is 0. The molecule has 3 N–H and O–H groups in total. The zero-order valence-corrected chi connectivity index (χ0v) is 9.75. The standard InChI is InChI=1S/C10H21N3O2/c1-4-12-9(14)7-13(3)10(15)5-8(2)6-11/h8H,4-7,11H2,1-3H3,(H,12,14). The van der Waals surface area contributed by atoms with Gasteiger partial charge in [-0.1, -0.05) is 6.92 Å². The van der Waals surface area contributed by atoms with Gasteiger partial charge >= 0.3 is 0 Å². The van der Waals surface area contributed by atoms with Crippen LogP contribution in [0.15, 0.2) is 0 Å². The van der Waals surface area contributed by atoms with Gasteiger partial charge in [-0.25, -0.2) is 0 Å². The van der Waals surface area contributed by atoms with Crippen LogP contribution in [0.4, 0.5) is 0 Å². The van der Waals surface area contributed by atoms with Crippen molar-refractivity contribution in [2.24, 2.45) is 11.7 Å². The maximum absolute atomic E-state index is 11.5. The second-order valence-corrected chi connectivity index (χ2v) is 3.75. The van der Waals surface area contributed by atoms with Gasteiger partial charge in [-0.3, -0.25) is 9.59 Å². The molecule has 0 aliphatic heterocycles. The number of nitrogens with one attached hydrogen (secondary N) is 1. The van der Waals surface area contributed by atoms with E-state index in [1.54, 1.807) is 7.05 Å². The average Bonchev–Trinajstić information content (AvgIpc) is 2.17. The number of hydrogen-bond acceptors (Lipinski definition) is 3. The fraction of sp³-hybridized carbons (Fsp3) is 0.800. The highest BCUT2D eigenvalue weighted by Crippen LogP contribution is 2.01. The van der Waals surface area contributed by atoms with Crippen molar-refractivity contribution < 1.29 is 9.59 Å². The first kappa shape index (κ1) is 13.9. The van der Waals surface area contributed by atoms with Crippen molar-refractivity contribution >= 4 is 11.8 Å². The molecule has 0 fully saturated rings. The molecule has 0 radical (unpaired) electrons. The Labute approximate surface area is 91.0 Å². The van der Waals surface area contributed by atoms with Crippen LogP contribution in [0.25, 0.3) is 0 Å². The quantitative estimate of drug-likeness (QED) is 0.631. The third-order valence-electron chi connectivity index (χ3n) is 2.11. The topological polar surface area (TPSA) is 75.4 Å². The van der Waals surface area contributed by atoms with Gasteiger partial charge in [-0.15, -0.1) is 0 Å². The van der Waals surface area contributed by atoms with E-state index >= 15 is 0 Å². The molecule has 0 saturated heterocycles. The molecule has 0 aromatic rings. The monoisotopic (exact) mass is 215 g/mol. The Morgan fingerprint density at radius 1 is 1.47 bits per heavy atom. The molecule has 0 aromatic heterocycles. The second-order valence-electron chi connectivity index (χ2n) is 3.75. The molecule has 2 amide bonds. The first-order chi connectivity index (χ1) is 7.01. The zero-order chi connectivity index (χ0) is 11.8. The van der Waals surface area contributed by atoms with Gasteiger partial charge in [0.2, 0.25) is 11.8 Å². The van der Waals surface area contributed by atoms with E-state index in [9.17, 15) is 9.59 Å². The first-order valence-corrected chi connectivity index (χ1v) is 5.22. The Bertz CT molecular complexity index is 219. The van der Waals surface area contributed by atoms with Crippen molar-refractivity contribution in [3.8, 4) is 0 Å². The smallest absolute Gasteiger partial charge is 0.239 e. The van der Waals surface area contributed by atoms with Gasteiger partial charge in [-0.2, -0.15) is 0 Å². The predicted octanol–water partition coefficient (Wildman–Crippen LogP) is -0.434. The minimum atomic E-state index is -0.131. The van der Waals surface area contributed by atoms with Gasteiger partial charge in [0.25, 0.3) is 0 Å². The number of amides is 2. The summed E-state index contributed by atoms with van der Waals surface area (Å²) < 4.78 is 0. The fourth-order valence-corrected chi connectivity index (χ4v) is 1.09. The van der Waals surface area contributed by atoms with Crippen LogP contribution in [0.3, 0.4) is 0 Å². The molecular weight excluding hydrogens is 194 g/mol. The normalized spacial score (nSPS) is 12.0. The lowest BCUT2D eigenvalue weighted by molar-refractivity contribution is -0.135. The van der Waals surface area contributed by atoms with E-state index in [-0.39, 0.29) is 24.3 Å². The second kappa shape index (κ2) is 7.23. The molecule has 88 valence electrons. The van der Waals surface area contributed by atoms with Crippen LogP contribution in [-0.4, -0.2) is 43.4 Å². The van der Waals surface area contributed by atoms with Crippen LogP contribution >= 0.6 is 0 Å². The maximum Gasteiger partial charge on any atom is 0.239 e. The van der Waals surface area contributed by atoms with Crippen molar-refractivity contribution in [3.05, 3.63) is 0 Å². The summed E-state index contributed by atoms with van der Waals surface area (Å²) in [5, 5.41) is 2.64. The Balaban J connectivity index is 3.93. The van der Waals surface area contributed by atoms with Crippen LogP contribution in [0.5, 0.6) is 0 Å². The molecule has 1 unspecified atom stereocenters. The maximum atomic E-state index is 11.5. The predicted molar refractivity (Wildman–Crippen MR) is 59.2 cm³/mol. The summed E-state index contributed by atoms with van der Waals surface area (Å²) in [6.45, 7) is 4.94. The highest BCUT2D eigenvalue weighted by Gasteiger charge is 2.14. The van der Waals surface area contributed by atoms with Gasteiger partial charge in [0.1, 0.15) is 0 Å². The number of rotatable bonds is 6. The molecule has 0 saturated carbocycles. The lowest BCUT2D eigenvalue weighted by atomic mass is 10.1. The average molecular weight is 215 g/mol. The van der Waals surface area contributed by atoms with Gasteiger partial charge in [0.15, 0.2) is 0 Å². The lowest BCUT2D eigenvalue weighted by Crippen LogP contribution is -2.39. The Kier molecular flexibility index (Phi) is 6.70. The van der Waals surface area contributed by atoms with Crippen molar-refractivity contribution in [1.82, 2.24) is 10.2 Å². The van der Waals surface area contributed by atoms with Crippen molar-refractivity contribution in [1.29, 1.82) is 0 Å². The van der Waals surface area contributed by atoms with E-state index in [1.807, 2.05) is 13.8 Å². The third kappa shape index (κ3) is 6.06. The van der Waals surface area contributed by atoms with Crippen LogP contribution < -0.4 is 11.1 Å². The molecule has 0 heterocycles. The van der Waals surface area contributed by atoms with E-state index in [0.717, 1.165) is 0 Å². The van der Waals surface area contributed by atoms with Gasteiger partial charge in [0.05, 0.1) is 6.54 Å². The largest absolute Gasteiger partial charge is 0.355 e. The Morgan fingerprint density at radius 3 is 2.53 bits per heavy atom. The number of nitrogens with two attached hydrogens (primary N) is 1. The molecular formula is C10H21N3O2. The highest BCUT2D eigenvalue weighted by atomic mass is 16.2. The third-order valence-corrected chi connectivity index (χ3v) is 2.11. The summed E-state index contributed by atoms with van der Waals surface area (Å²) in [6, 6.07) is 0. The molecule has 0 bridgehead atoms. The first-order valence-electron chi connectivity index (χ1n) is 5.22. The van der Waals surface area contributed by atoms with E-state index in [2.05, 4.69) is 5.32 Å². The van der Waals surface area contributed by atoms with E-state index in [1.165, 1.54) is 4.90 Å². The molecule has 1 atom stereocenters. The number of nitrogens with zero attached hydrogens (tertiary/aromatic N) is 1. The SMILES string of the molecule is CCNC(=O)CN(C)C(=O)CC(C)CN. The Morgan fingerprint density at radius 2 is 2.07 bits per heavy atom. The van der Waals surface area contributed by atoms with Crippen molar-refractivity contribution in [2.45, 2.75) is 20.3 Å². The van der Waals surface area contributed by atoms with Crippen LogP contribution in [0.1, 0.15) is 20.3 Å². The summed E-state index contributed by atoms with van der Waals surface area (Å²) in [5.41, 5.74) is 5.42. The van der Waals surface area contributed by atoms with Crippen molar-refractivity contribution in [3.63, 3.8) is 0 Å². The zero-order valence-electron chi connectivity index (χ0n) is 9.75. The number of carbonyl (C=O) groups is 2. The molecule has 0 aromatic carbocycles. The van der Waals surface area contributed by atoms with Crippen LogP contribution in [0, 0.1) is 5.92 Å². The molecule has 0 aliphatic carbocycles. The minimum Gasteiger partial charge on any atom is -0.355 e. The molecule has 5 heteroatoms. The number of carbonyl (C=O) groups excluding carboxylic acids is 2. The summed E-state index contributed by atoms with van der Waals surface area (Å²) in [7, 11) is 1.63.